The van der Waals surface area contributed by atoms with E-state index in [-0.39, 0.29) is 5.91 Å². The summed E-state index contributed by atoms with van der Waals surface area (Å²) in [6.45, 7) is 2.08. The van der Waals surface area contributed by atoms with Crippen LogP contribution in [0.3, 0.4) is 0 Å². The minimum Gasteiger partial charge on any atom is -0.368 e. The van der Waals surface area contributed by atoms with E-state index in [1.165, 1.54) is 10.5 Å². The molecule has 0 radical (unpaired) electrons. The fourth-order valence-electron chi connectivity index (χ4n) is 2.39. The highest BCUT2D eigenvalue weighted by Crippen LogP contribution is 2.37. The van der Waals surface area contributed by atoms with Crippen molar-refractivity contribution >= 4 is 17.7 Å². The van der Waals surface area contributed by atoms with Crippen molar-refractivity contribution in [2.24, 2.45) is 11.5 Å². The van der Waals surface area contributed by atoms with Crippen molar-refractivity contribution in [2.75, 3.05) is 0 Å². The second-order valence-electron chi connectivity index (χ2n) is 5.17. The van der Waals surface area contributed by atoms with E-state index in [0.717, 1.165) is 12.8 Å². The van der Waals surface area contributed by atoms with Crippen LogP contribution in [0.15, 0.2) is 29.2 Å². The van der Waals surface area contributed by atoms with Crippen LogP contribution in [0.5, 0.6) is 0 Å². The molecule has 1 aromatic carbocycles. The molecular formula is C14H20N2OS. The van der Waals surface area contributed by atoms with E-state index in [4.69, 9.17) is 11.5 Å². The number of aryl methyl sites for hydroxylation is 1. The Hall–Kier alpha value is -1.00. The number of nitrogens with two attached hydrogens (primary N) is 2. The minimum absolute atomic E-state index is 0.364. The lowest BCUT2D eigenvalue weighted by Gasteiger charge is -2.35. The molecule has 1 aliphatic carbocycles. The molecule has 0 aliphatic heterocycles. The standard InChI is InChI=1S/C14H20N2OS/c1-10-4-6-11(7-5-10)18-12-3-2-8-14(16,9-12)13(15)17/h4-7,12H,2-3,8-9,16H2,1H3,(H2,15,17). The van der Waals surface area contributed by atoms with Crippen molar-refractivity contribution in [3.8, 4) is 0 Å². The van der Waals surface area contributed by atoms with E-state index in [1.54, 1.807) is 11.8 Å². The Balaban J connectivity index is 2.02. The summed E-state index contributed by atoms with van der Waals surface area (Å²) in [4.78, 5) is 12.6. The number of thioether (sulfide) groups is 1. The van der Waals surface area contributed by atoms with Crippen LogP contribution in [-0.2, 0) is 4.79 Å². The first-order chi connectivity index (χ1) is 8.49. The zero-order valence-corrected chi connectivity index (χ0v) is 11.5. The van der Waals surface area contributed by atoms with Gasteiger partial charge >= 0.3 is 0 Å². The Morgan fingerprint density at radius 2 is 2.06 bits per heavy atom. The van der Waals surface area contributed by atoms with Crippen LogP contribution in [0.1, 0.15) is 31.2 Å². The maximum Gasteiger partial charge on any atom is 0.237 e. The van der Waals surface area contributed by atoms with Crippen LogP contribution in [0.25, 0.3) is 0 Å². The number of hydrogen-bond donors (Lipinski definition) is 2. The van der Waals surface area contributed by atoms with Gasteiger partial charge in [0.1, 0.15) is 0 Å². The van der Waals surface area contributed by atoms with E-state index >= 15 is 0 Å². The molecule has 18 heavy (non-hydrogen) atoms. The molecule has 0 saturated heterocycles. The summed E-state index contributed by atoms with van der Waals surface area (Å²) in [7, 11) is 0. The lowest BCUT2D eigenvalue weighted by Crippen LogP contribution is -2.55. The first-order valence-corrected chi connectivity index (χ1v) is 7.20. The van der Waals surface area contributed by atoms with Crippen molar-refractivity contribution in [3.05, 3.63) is 29.8 Å². The third-order valence-corrected chi connectivity index (χ3v) is 4.84. The van der Waals surface area contributed by atoms with Gasteiger partial charge in [-0.3, -0.25) is 4.79 Å². The number of benzene rings is 1. The molecule has 1 fully saturated rings. The van der Waals surface area contributed by atoms with Crippen LogP contribution in [-0.4, -0.2) is 16.7 Å². The van der Waals surface area contributed by atoms with E-state index in [2.05, 4.69) is 31.2 Å². The molecule has 4 heteroatoms. The summed E-state index contributed by atoms with van der Waals surface area (Å²) in [6, 6.07) is 8.46. The predicted octanol–water partition coefficient (Wildman–Crippen LogP) is 2.21. The van der Waals surface area contributed by atoms with Crippen LogP contribution < -0.4 is 11.5 Å². The maximum atomic E-state index is 11.4. The van der Waals surface area contributed by atoms with Gasteiger partial charge in [0.15, 0.2) is 0 Å². The second kappa shape index (κ2) is 5.33. The summed E-state index contributed by atoms with van der Waals surface area (Å²) in [5.41, 5.74) is 11.9. The van der Waals surface area contributed by atoms with Gasteiger partial charge in [0, 0.05) is 10.1 Å². The van der Waals surface area contributed by atoms with Gasteiger partial charge in [-0.15, -0.1) is 11.8 Å². The molecule has 0 bridgehead atoms. The van der Waals surface area contributed by atoms with Crippen molar-refractivity contribution in [1.82, 2.24) is 0 Å². The number of carbonyl (C=O) groups excluding carboxylic acids is 1. The van der Waals surface area contributed by atoms with E-state index in [1.807, 2.05) is 0 Å². The zero-order chi connectivity index (χ0) is 13.2. The Bertz CT molecular complexity index is 432. The topological polar surface area (TPSA) is 69.1 Å². The molecule has 0 spiro atoms. The van der Waals surface area contributed by atoms with E-state index < -0.39 is 5.54 Å². The number of hydrogen-bond acceptors (Lipinski definition) is 3. The first-order valence-electron chi connectivity index (χ1n) is 6.32. The van der Waals surface area contributed by atoms with Gasteiger partial charge in [0.2, 0.25) is 5.91 Å². The van der Waals surface area contributed by atoms with E-state index in [0.29, 0.717) is 18.1 Å². The second-order valence-corrected chi connectivity index (χ2v) is 6.54. The summed E-state index contributed by atoms with van der Waals surface area (Å²) in [5.74, 6) is -0.364. The van der Waals surface area contributed by atoms with Gasteiger partial charge in [-0.25, -0.2) is 0 Å². The fraction of sp³-hybridized carbons (Fsp3) is 0.500. The molecule has 3 nitrogen and oxygen atoms in total. The van der Waals surface area contributed by atoms with Gasteiger partial charge < -0.3 is 11.5 Å². The normalized spacial score (nSPS) is 28.0. The highest BCUT2D eigenvalue weighted by Gasteiger charge is 2.37. The van der Waals surface area contributed by atoms with Crippen molar-refractivity contribution in [2.45, 2.75) is 48.3 Å². The van der Waals surface area contributed by atoms with Crippen LogP contribution >= 0.6 is 11.8 Å². The van der Waals surface area contributed by atoms with Crippen molar-refractivity contribution in [1.29, 1.82) is 0 Å². The first kappa shape index (κ1) is 13.4. The van der Waals surface area contributed by atoms with Gasteiger partial charge in [-0.2, -0.15) is 0 Å². The summed E-state index contributed by atoms with van der Waals surface area (Å²) in [5, 5.41) is 0.388. The molecule has 1 aromatic rings. The number of carbonyl (C=O) groups is 1. The third kappa shape index (κ3) is 3.06. The highest BCUT2D eigenvalue weighted by atomic mass is 32.2. The predicted molar refractivity (Wildman–Crippen MR) is 75.4 cm³/mol. The Morgan fingerprint density at radius 3 is 2.67 bits per heavy atom. The van der Waals surface area contributed by atoms with Crippen molar-refractivity contribution in [3.63, 3.8) is 0 Å². The average Bonchev–Trinajstić information content (AvgIpc) is 2.32. The minimum atomic E-state index is -0.805. The molecule has 2 atom stereocenters. The third-order valence-electron chi connectivity index (χ3n) is 3.56. The molecule has 4 N–H and O–H groups in total. The SMILES string of the molecule is Cc1ccc(SC2CCCC(N)(C(N)=O)C2)cc1. The van der Waals surface area contributed by atoms with Crippen LogP contribution in [0, 0.1) is 6.92 Å². The molecule has 2 unspecified atom stereocenters. The molecule has 0 heterocycles. The lowest BCUT2D eigenvalue weighted by atomic mass is 9.82. The molecular weight excluding hydrogens is 244 g/mol. The van der Waals surface area contributed by atoms with Gasteiger partial charge in [-0.1, -0.05) is 17.7 Å². The molecule has 1 aliphatic rings. The fourth-order valence-corrected chi connectivity index (χ4v) is 3.73. The largest absolute Gasteiger partial charge is 0.368 e. The monoisotopic (exact) mass is 264 g/mol. The smallest absolute Gasteiger partial charge is 0.237 e. The van der Waals surface area contributed by atoms with Crippen molar-refractivity contribution < 1.29 is 4.79 Å². The summed E-state index contributed by atoms with van der Waals surface area (Å²) in [6.07, 6.45) is 3.47. The quantitative estimate of drug-likeness (QED) is 0.879. The summed E-state index contributed by atoms with van der Waals surface area (Å²) >= 11 is 1.81. The van der Waals surface area contributed by atoms with Crippen LogP contribution in [0.4, 0.5) is 0 Å². The number of primary amides is 1. The molecule has 1 saturated carbocycles. The molecule has 2 rings (SSSR count). The zero-order valence-electron chi connectivity index (χ0n) is 10.7. The van der Waals surface area contributed by atoms with E-state index in [9.17, 15) is 4.79 Å². The summed E-state index contributed by atoms with van der Waals surface area (Å²) < 4.78 is 0. The maximum absolute atomic E-state index is 11.4. The van der Waals surface area contributed by atoms with Gasteiger partial charge in [-0.05, 0) is 44.7 Å². The van der Waals surface area contributed by atoms with Gasteiger partial charge in [0.25, 0.3) is 0 Å². The Labute approximate surface area is 112 Å². The molecule has 98 valence electrons. The average molecular weight is 264 g/mol. The molecule has 0 aromatic heterocycles. The number of amides is 1. The molecule has 1 amide bonds. The van der Waals surface area contributed by atoms with Gasteiger partial charge in [0.05, 0.1) is 5.54 Å². The highest BCUT2D eigenvalue weighted by molar-refractivity contribution is 8.00. The van der Waals surface area contributed by atoms with Crippen LogP contribution in [0.2, 0.25) is 0 Å². The Kier molecular flexibility index (Phi) is 3.97. The number of rotatable bonds is 3. The lowest BCUT2D eigenvalue weighted by molar-refractivity contribution is -0.124. The Morgan fingerprint density at radius 1 is 1.39 bits per heavy atom.